The van der Waals surface area contributed by atoms with Gasteiger partial charge in [0.05, 0.1) is 13.2 Å². The third kappa shape index (κ3) is 4.73. The van der Waals surface area contributed by atoms with E-state index < -0.39 is 18.5 Å². The van der Waals surface area contributed by atoms with Gasteiger partial charge in [-0.3, -0.25) is 4.79 Å². The number of hydrogen-bond donors (Lipinski definition) is 1. The average molecular weight is 459 g/mol. The molecular formula is C24H24F3N3O3. The highest BCUT2D eigenvalue weighted by Gasteiger charge is 2.34. The van der Waals surface area contributed by atoms with Crippen LogP contribution in [-0.4, -0.2) is 60.3 Å². The highest BCUT2D eigenvalue weighted by atomic mass is 19.4. The molecule has 1 aromatic heterocycles. The molecule has 4 rings (SSSR count). The van der Waals surface area contributed by atoms with E-state index in [4.69, 9.17) is 4.74 Å². The van der Waals surface area contributed by atoms with Crippen LogP contribution in [0.1, 0.15) is 11.3 Å². The quantitative estimate of drug-likeness (QED) is 0.633. The topological polar surface area (TPSA) is 65.9 Å². The van der Waals surface area contributed by atoms with E-state index in [9.17, 15) is 23.1 Å². The molecule has 3 aromatic rings. The van der Waals surface area contributed by atoms with Gasteiger partial charge in [0.1, 0.15) is 23.6 Å². The van der Waals surface area contributed by atoms with Crippen molar-refractivity contribution in [1.82, 2.24) is 9.88 Å². The minimum Gasteiger partial charge on any atom is -0.494 e. The maximum atomic E-state index is 13.2. The van der Waals surface area contributed by atoms with E-state index in [0.29, 0.717) is 31.4 Å². The highest BCUT2D eigenvalue weighted by molar-refractivity contribution is 5.96. The van der Waals surface area contributed by atoms with Crippen molar-refractivity contribution < 1.29 is 27.8 Å². The van der Waals surface area contributed by atoms with E-state index in [1.54, 1.807) is 17.0 Å². The number of rotatable bonds is 5. The molecular weight excluding hydrogens is 435 g/mol. The minimum absolute atomic E-state index is 0.137. The fourth-order valence-corrected chi connectivity index (χ4v) is 4.33. The standard InChI is InChI=1S/C24H24F3N3O3/c1-33-20-9-8-19(18-7-10-21(24(25,26)27)28-23(18)20)29-11-12-30(22(32)15-31)17(14-29)13-16-5-3-2-4-6-16/h2-10,17,31H,11-15H2,1H3/t17-/m0/s1. The Morgan fingerprint density at radius 3 is 2.55 bits per heavy atom. The van der Waals surface area contributed by atoms with Crippen molar-refractivity contribution in [2.24, 2.45) is 0 Å². The lowest BCUT2D eigenvalue weighted by Crippen LogP contribution is -2.56. The summed E-state index contributed by atoms with van der Waals surface area (Å²) in [6.45, 7) is 0.752. The number of amides is 1. The summed E-state index contributed by atoms with van der Waals surface area (Å²) in [5.41, 5.74) is 0.932. The molecule has 2 heterocycles. The molecule has 1 amide bonds. The second-order valence-corrected chi connectivity index (χ2v) is 7.91. The Labute approximate surface area is 189 Å². The van der Waals surface area contributed by atoms with Crippen LogP contribution in [-0.2, 0) is 17.4 Å². The van der Waals surface area contributed by atoms with Crippen molar-refractivity contribution in [3.8, 4) is 5.75 Å². The molecule has 1 N–H and O–H groups in total. The monoisotopic (exact) mass is 459 g/mol. The number of methoxy groups -OCH3 is 1. The van der Waals surface area contributed by atoms with Crippen molar-refractivity contribution in [3.63, 3.8) is 0 Å². The lowest BCUT2D eigenvalue weighted by atomic mass is 10.0. The number of alkyl halides is 3. The lowest BCUT2D eigenvalue weighted by molar-refractivity contribution is -0.141. The summed E-state index contributed by atoms with van der Waals surface area (Å²) in [5, 5.41) is 9.97. The van der Waals surface area contributed by atoms with Gasteiger partial charge in [-0.2, -0.15) is 13.2 Å². The number of ether oxygens (including phenoxy) is 1. The number of hydrogen-bond acceptors (Lipinski definition) is 5. The minimum atomic E-state index is -4.56. The predicted octanol–water partition coefficient (Wildman–Crippen LogP) is 3.51. The Balaban J connectivity index is 1.70. The van der Waals surface area contributed by atoms with Gasteiger partial charge in [0.15, 0.2) is 0 Å². The van der Waals surface area contributed by atoms with Gasteiger partial charge in [-0.25, -0.2) is 4.98 Å². The molecule has 1 atom stereocenters. The largest absolute Gasteiger partial charge is 0.494 e. The summed E-state index contributed by atoms with van der Waals surface area (Å²) in [4.78, 5) is 19.9. The summed E-state index contributed by atoms with van der Waals surface area (Å²) in [5.74, 6) is -0.0820. The smallest absolute Gasteiger partial charge is 0.433 e. The van der Waals surface area contributed by atoms with Crippen molar-refractivity contribution in [1.29, 1.82) is 0 Å². The molecule has 0 saturated carbocycles. The number of benzene rings is 2. The first-order valence-electron chi connectivity index (χ1n) is 10.6. The number of nitrogens with zero attached hydrogens (tertiary/aromatic N) is 3. The van der Waals surface area contributed by atoms with Crippen LogP contribution in [0.4, 0.5) is 18.9 Å². The fraction of sp³-hybridized carbons (Fsp3) is 0.333. The van der Waals surface area contributed by atoms with Crippen molar-refractivity contribution in [2.75, 3.05) is 38.3 Å². The second-order valence-electron chi connectivity index (χ2n) is 7.91. The van der Waals surface area contributed by atoms with Crippen molar-refractivity contribution >= 4 is 22.5 Å². The number of aliphatic hydroxyl groups excluding tert-OH is 1. The van der Waals surface area contributed by atoms with Gasteiger partial charge < -0.3 is 19.6 Å². The van der Waals surface area contributed by atoms with Crippen molar-refractivity contribution in [2.45, 2.75) is 18.6 Å². The highest BCUT2D eigenvalue weighted by Crippen LogP contribution is 2.37. The van der Waals surface area contributed by atoms with Crippen LogP contribution in [0.25, 0.3) is 10.9 Å². The van der Waals surface area contributed by atoms with E-state index in [0.717, 1.165) is 17.3 Å². The van der Waals surface area contributed by atoms with Crippen LogP contribution in [0.15, 0.2) is 54.6 Å². The van der Waals surface area contributed by atoms with Gasteiger partial charge in [-0.1, -0.05) is 30.3 Å². The molecule has 1 fully saturated rings. The Morgan fingerprint density at radius 1 is 1.12 bits per heavy atom. The number of fused-ring (bicyclic) bond motifs is 1. The van der Waals surface area contributed by atoms with E-state index >= 15 is 0 Å². The van der Waals surface area contributed by atoms with E-state index in [-0.39, 0.29) is 23.2 Å². The molecule has 0 unspecified atom stereocenters. The van der Waals surface area contributed by atoms with Gasteiger partial charge >= 0.3 is 6.18 Å². The molecule has 0 aliphatic carbocycles. The first-order chi connectivity index (χ1) is 15.8. The molecule has 9 heteroatoms. The number of halogens is 3. The van der Waals surface area contributed by atoms with Crippen LogP contribution < -0.4 is 9.64 Å². The van der Waals surface area contributed by atoms with Crippen LogP contribution in [0, 0.1) is 0 Å². The lowest BCUT2D eigenvalue weighted by Gasteiger charge is -2.42. The normalized spacial score (nSPS) is 16.8. The van der Waals surface area contributed by atoms with E-state index in [1.807, 2.05) is 35.2 Å². The SMILES string of the molecule is COc1ccc(N2CCN(C(=O)CO)[C@@H](Cc3ccccc3)C2)c2ccc(C(F)(F)F)nc12. The summed E-state index contributed by atoms with van der Waals surface area (Å²) >= 11 is 0. The first-order valence-corrected chi connectivity index (χ1v) is 10.6. The fourth-order valence-electron chi connectivity index (χ4n) is 4.33. The van der Waals surface area contributed by atoms with Crippen LogP contribution in [0.2, 0.25) is 0 Å². The van der Waals surface area contributed by atoms with Crippen LogP contribution >= 0.6 is 0 Å². The van der Waals surface area contributed by atoms with Crippen LogP contribution in [0.3, 0.4) is 0 Å². The molecule has 2 aromatic carbocycles. The van der Waals surface area contributed by atoms with E-state index in [1.165, 1.54) is 13.2 Å². The molecule has 1 saturated heterocycles. The molecule has 6 nitrogen and oxygen atoms in total. The molecule has 0 radical (unpaired) electrons. The maximum Gasteiger partial charge on any atom is 0.433 e. The number of aromatic nitrogens is 1. The number of carbonyl (C=O) groups is 1. The van der Waals surface area contributed by atoms with Gasteiger partial charge in [-0.05, 0) is 36.2 Å². The van der Waals surface area contributed by atoms with Gasteiger partial charge in [0.2, 0.25) is 5.91 Å². The zero-order valence-electron chi connectivity index (χ0n) is 18.0. The summed E-state index contributed by atoms with van der Waals surface area (Å²) < 4.78 is 45.0. The zero-order chi connectivity index (χ0) is 23.6. The van der Waals surface area contributed by atoms with Gasteiger partial charge in [0, 0.05) is 30.7 Å². The Bertz CT molecular complexity index is 1140. The predicted molar refractivity (Wildman–Crippen MR) is 118 cm³/mol. The number of carbonyl (C=O) groups excluding carboxylic acids is 1. The maximum absolute atomic E-state index is 13.2. The Kier molecular flexibility index (Phi) is 6.42. The Morgan fingerprint density at radius 2 is 1.88 bits per heavy atom. The first kappa shape index (κ1) is 22.8. The summed E-state index contributed by atoms with van der Waals surface area (Å²) in [7, 11) is 1.39. The third-order valence-electron chi connectivity index (χ3n) is 5.90. The molecule has 174 valence electrons. The van der Waals surface area contributed by atoms with Crippen LogP contribution in [0.5, 0.6) is 5.75 Å². The summed E-state index contributed by atoms with van der Waals surface area (Å²) in [6, 6.07) is 15.3. The second kappa shape index (κ2) is 9.27. The molecule has 0 bridgehead atoms. The van der Waals surface area contributed by atoms with Crippen molar-refractivity contribution in [3.05, 3.63) is 65.9 Å². The third-order valence-corrected chi connectivity index (χ3v) is 5.90. The molecule has 33 heavy (non-hydrogen) atoms. The van der Waals surface area contributed by atoms with E-state index in [2.05, 4.69) is 4.98 Å². The molecule has 1 aliphatic heterocycles. The number of aliphatic hydroxyl groups is 1. The number of anilines is 1. The number of piperazine rings is 1. The average Bonchev–Trinajstić information content (AvgIpc) is 2.82. The van der Waals surface area contributed by atoms with Gasteiger partial charge in [0.25, 0.3) is 0 Å². The Hall–Kier alpha value is -3.33. The summed E-state index contributed by atoms with van der Waals surface area (Å²) in [6.07, 6.45) is -3.97. The molecule has 0 spiro atoms. The zero-order valence-corrected chi connectivity index (χ0v) is 18.0. The van der Waals surface area contributed by atoms with Gasteiger partial charge in [-0.15, -0.1) is 0 Å². The molecule has 1 aliphatic rings. The number of pyridine rings is 1.